The fourth-order valence-electron chi connectivity index (χ4n) is 6.85. The van der Waals surface area contributed by atoms with Gasteiger partial charge < -0.3 is 56.8 Å². The number of hydrogen-bond acceptors (Lipinski definition) is 22. The number of esters is 10. The Labute approximate surface area is 408 Å². The number of carbonyl (C=O) groups is 10. The summed E-state index contributed by atoms with van der Waals surface area (Å²) in [6.07, 6.45) is -12.4. The predicted molar refractivity (Wildman–Crippen MR) is 239 cm³/mol. The zero-order chi connectivity index (χ0) is 52.2. The van der Waals surface area contributed by atoms with Gasteiger partial charge in [-0.1, -0.05) is 55.4 Å². The predicted octanol–water partition coefficient (Wildman–Crippen LogP) is 5.04. The lowest BCUT2D eigenvalue weighted by atomic mass is 9.97. The normalized spacial score (nSPS) is 24.0. The van der Waals surface area contributed by atoms with Crippen molar-refractivity contribution in [2.24, 2.45) is 0 Å². The van der Waals surface area contributed by atoms with Gasteiger partial charge in [0.05, 0.1) is 0 Å². The summed E-state index contributed by atoms with van der Waals surface area (Å²) in [5, 5.41) is 0. The lowest BCUT2D eigenvalue weighted by molar-refractivity contribution is -0.301. The van der Waals surface area contributed by atoms with E-state index in [9.17, 15) is 47.9 Å². The van der Waals surface area contributed by atoms with Crippen LogP contribution in [0.4, 0.5) is 0 Å². The summed E-state index contributed by atoms with van der Waals surface area (Å²) in [5.74, 6) is -8.43. The Morgan fingerprint density at radius 3 is 0.771 bits per heavy atom. The average molecular weight is 1000 g/mol. The highest BCUT2D eigenvalue weighted by Crippen LogP contribution is 2.33. The zero-order valence-electron chi connectivity index (χ0n) is 41.6. The molecular formula is C48H72O22. The van der Waals surface area contributed by atoms with Crippen molar-refractivity contribution in [1.29, 1.82) is 0 Å². The minimum atomic E-state index is -1.72. The Balaban J connectivity index is 2.47. The molecule has 0 aromatic rings. The van der Waals surface area contributed by atoms with E-state index in [0.29, 0.717) is 63.5 Å². The second kappa shape index (κ2) is 33.0. The van der Waals surface area contributed by atoms with E-state index in [4.69, 9.17) is 56.8 Å². The van der Waals surface area contributed by atoms with Crippen LogP contribution in [-0.4, -0.2) is 134 Å². The lowest BCUT2D eigenvalue weighted by Crippen LogP contribution is -2.63. The third kappa shape index (κ3) is 21.2. The molecule has 0 aromatic carbocycles. The van der Waals surface area contributed by atoms with Crippen LogP contribution in [0.1, 0.15) is 158 Å². The van der Waals surface area contributed by atoms with E-state index in [1.54, 1.807) is 55.4 Å². The van der Waals surface area contributed by atoms with Crippen molar-refractivity contribution in [3.63, 3.8) is 0 Å². The van der Waals surface area contributed by atoms with Crippen LogP contribution in [0.15, 0.2) is 12.2 Å². The van der Waals surface area contributed by atoms with E-state index in [1.807, 2.05) is 0 Å². The maximum Gasteiger partial charge on any atom is 0.331 e. The van der Waals surface area contributed by atoms with E-state index >= 15 is 0 Å². The van der Waals surface area contributed by atoms with Gasteiger partial charge in [-0.3, -0.25) is 38.4 Å². The fourth-order valence-corrected chi connectivity index (χ4v) is 6.85. The monoisotopic (exact) mass is 1000 g/mol. The summed E-state index contributed by atoms with van der Waals surface area (Å²) < 4.78 is 68.0. The molecule has 0 N–H and O–H groups in total. The molecule has 2 aliphatic rings. The van der Waals surface area contributed by atoms with Crippen molar-refractivity contribution < 1.29 is 105 Å². The smallest absolute Gasteiger partial charge is 0.331 e. The summed E-state index contributed by atoms with van der Waals surface area (Å²) in [7, 11) is 0. The molecule has 22 heteroatoms. The molecule has 70 heavy (non-hydrogen) atoms. The summed E-state index contributed by atoms with van der Waals surface area (Å²) in [5.41, 5.74) is 0. The van der Waals surface area contributed by atoms with Crippen LogP contribution < -0.4 is 0 Å². The molecule has 2 saturated heterocycles. The van der Waals surface area contributed by atoms with Gasteiger partial charge in [0.2, 0.25) is 24.8 Å². The van der Waals surface area contributed by atoms with Gasteiger partial charge in [-0.15, -0.1) is 0 Å². The highest BCUT2D eigenvalue weighted by molar-refractivity contribution is 5.91. The van der Waals surface area contributed by atoms with Crippen molar-refractivity contribution in [3.8, 4) is 0 Å². The van der Waals surface area contributed by atoms with Gasteiger partial charge in [0.15, 0.2) is 24.4 Å². The van der Waals surface area contributed by atoms with Crippen LogP contribution in [0.25, 0.3) is 0 Å². The number of carbonyl (C=O) groups excluding carboxylic acids is 10. The summed E-state index contributed by atoms with van der Waals surface area (Å²) in [6, 6.07) is 0. The molecule has 0 bridgehead atoms. The minimum Gasteiger partial charge on any atom is -0.460 e. The molecule has 2 heterocycles. The van der Waals surface area contributed by atoms with Gasteiger partial charge >= 0.3 is 59.7 Å². The lowest BCUT2D eigenvalue weighted by Gasteiger charge is -2.44. The molecule has 0 radical (unpaired) electrons. The van der Waals surface area contributed by atoms with E-state index in [1.165, 1.54) is 0 Å². The largest absolute Gasteiger partial charge is 0.460 e. The third-order valence-corrected chi connectivity index (χ3v) is 10.1. The van der Waals surface area contributed by atoms with Gasteiger partial charge in [-0.2, -0.15) is 0 Å². The molecule has 22 nitrogen and oxygen atoms in total. The zero-order valence-corrected chi connectivity index (χ0v) is 41.6. The van der Waals surface area contributed by atoms with E-state index < -0.39 is 134 Å². The van der Waals surface area contributed by atoms with Crippen LogP contribution >= 0.6 is 0 Å². The Kier molecular flexibility index (Phi) is 28.5. The van der Waals surface area contributed by atoms with Gasteiger partial charge in [0, 0.05) is 63.5 Å². The molecule has 0 amide bonds. The first-order valence-electron chi connectivity index (χ1n) is 24.4. The molecule has 0 unspecified atom stereocenters. The summed E-state index contributed by atoms with van der Waals surface area (Å²) in [4.78, 5) is 130. The van der Waals surface area contributed by atoms with E-state index in [-0.39, 0.29) is 51.4 Å². The maximum atomic E-state index is 13.2. The Bertz CT molecular complexity index is 1640. The molecule has 2 aliphatic heterocycles. The molecule has 2 rings (SSSR count). The molecule has 2 fully saturated rings. The highest BCUT2D eigenvalue weighted by Gasteiger charge is 2.56. The van der Waals surface area contributed by atoms with Crippen molar-refractivity contribution in [2.75, 3.05) is 13.2 Å². The van der Waals surface area contributed by atoms with Crippen LogP contribution in [0.3, 0.4) is 0 Å². The van der Waals surface area contributed by atoms with Gasteiger partial charge in [0.25, 0.3) is 0 Å². The third-order valence-electron chi connectivity index (χ3n) is 10.1. The molecule has 10 atom stereocenters. The van der Waals surface area contributed by atoms with Crippen molar-refractivity contribution >= 4 is 59.7 Å². The first-order chi connectivity index (χ1) is 33.5. The first kappa shape index (κ1) is 60.5. The summed E-state index contributed by atoms with van der Waals surface area (Å²) >= 11 is 0. The second-order valence-corrected chi connectivity index (χ2v) is 16.4. The van der Waals surface area contributed by atoms with E-state index in [2.05, 4.69) is 0 Å². The van der Waals surface area contributed by atoms with Gasteiger partial charge in [-0.25, -0.2) is 9.59 Å². The number of hydrogen-bond donors (Lipinski definition) is 0. The van der Waals surface area contributed by atoms with Gasteiger partial charge in [0.1, 0.15) is 25.4 Å². The Hall–Kier alpha value is -5.64. The molecule has 0 spiro atoms. The second-order valence-electron chi connectivity index (χ2n) is 16.4. The molecule has 0 saturated carbocycles. The van der Waals surface area contributed by atoms with Gasteiger partial charge in [-0.05, 0) is 51.4 Å². The first-order valence-corrected chi connectivity index (χ1v) is 24.4. The fraction of sp³-hybridized carbons (Fsp3) is 0.750. The summed E-state index contributed by atoms with van der Waals surface area (Å²) in [6.45, 7) is 12.2. The van der Waals surface area contributed by atoms with Crippen molar-refractivity contribution in [1.82, 2.24) is 0 Å². The molecular weight excluding hydrogens is 929 g/mol. The van der Waals surface area contributed by atoms with Crippen molar-refractivity contribution in [2.45, 2.75) is 220 Å². The standard InChI is InChI=1S/C48H72O22/c1-9-17-33(51)63-41-29(61-47(69-39(57)23-15-7)45(67-37(55)21-13-5)43(41)65-35(53)19-11-3)27-59-31(49)25-26-32(50)60-28-30-42(64-34(52)18-10-2)44(66-36(54)20-12-4)46(68-38(56)22-14-6)48(62-30)70-40(58)24-16-8/h25-26,29-30,41-48H,9-24,27-28H2,1-8H3/b26-25+/t29-,30-,41-,42-,43+,44+,45-,46-,47+,48+/m1/s1. The van der Waals surface area contributed by atoms with Crippen LogP contribution in [-0.2, 0) is 105 Å². The molecule has 396 valence electrons. The Morgan fingerprint density at radius 2 is 0.529 bits per heavy atom. The topological polar surface area (TPSA) is 281 Å². The number of rotatable bonds is 30. The SMILES string of the molecule is CCCC(=O)O[C@@H]1O[C@H](COC(=O)/C=C/C(=O)OC[C@H]2O[C@@H](OC(=O)CCC)[C@H](OC(=O)CCC)[C@@H](OC(=O)CCC)[C@@H]2OC(=O)CCC)[C@@H](OC(=O)CCC)[C@H](OC(=O)CCC)[C@H]1OC(=O)CCC. The molecule has 0 aliphatic carbocycles. The van der Waals surface area contributed by atoms with E-state index in [0.717, 1.165) is 0 Å². The maximum absolute atomic E-state index is 13.2. The number of ether oxygens (including phenoxy) is 12. The minimum absolute atomic E-state index is 0.0702. The quantitative estimate of drug-likeness (QED) is 0.0518. The van der Waals surface area contributed by atoms with Crippen LogP contribution in [0, 0.1) is 0 Å². The highest BCUT2D eigenvalue weighted by atomic mass is 16.8. The van der Waals surface area contributed by atoms with Crippen molar-refractivity contribution in [3.05, 3.63) is 12.2 Å². The van der Waals surface area contributed by atoms with Crippen LogP contribution in [0.5, 0.6) is 0 Å². The Morgan fingerprint density at radius 1 is 0.314 bits per heavy atom. The average Bonchev–Trinajstić information content (AvgIpc) is 3.28. The molecule has 0 aromatic heterocycles. The van der Waals surface area contributed by atoms with Crippen LogP contribution in [0.2, 0.25) is 0 Å².